The molecule has 0 saturated heterocycles. The topological polar surface area (TPSA) is 34.9 Å². The minimum atomic E-state index is 0.0740. The van der Waals surface area contributed by atoms with E-state index in [1.165, 1.54) is 35.3 Å². The van der Waals surface area contributed by atoms with Crippen molar-refractivity contribution in [2.75, 3.05) is 0 Å². The molecule has 0 amide bonds. The molecule has 4 rings (SSSR count). The lowest BCUT2D eigenvalue weighted by atomic mass is 10.0. The molecule has 0 bridgehead atoms. The number of benzene rings is 2. The van der Waals surface area contributed by atoms with Gasteiger partial charge in [-0.05, 0) is 23.1 Å². The Bertz CT molecular complexity index is 1110. The highest BCUT2D eigenvalue weighted by molar-refractivity contribution is 7.17. The third-order valence-electron chi connectivity index (χ3n) is 5.12. The summed E-state index contributed by atoms with van der Waals surface area (Å²) in [5.74, 6) is 0. The van der Waals surface area contributed by atoms with Gasteiger partial charge in [-0.25, -0.2) is 4.98 Å². The van der Waals surface area contributed by atoms with Crippen LogP contribution in [0.25, 0.3) is 32.5 Å². The molecule has 4 heteroatoms. The molecule has 0 aliphatic carbocycles. The molecule has 0 radical (unpaired) electrons. The summed E-state index contributed by atoms with van der Waals surface area (Å²) in [6.45, 7) is 2.94. The smallest absolute Gasteiger partial charge is 0.262 e. The second-order valence-corrected chi connectivity index (χ2v) is 7.93. The van der Waals surface area contributed by atoms with Gasteiger partial charge >= 0.3 is 0 Å². The van der Waals surface area contributed by atoms with Gasteiger partial charge in [0.05, 0.1) is 11.7 Å². The molecule has 0 aliphatic heterocycles. The fraction of sp³-hybridized carbons (Fsp3) is 0.250. The Labute approximate surface area is 169 Å². The van der Waals surface area contributed by atoms with Gasteiger partial charge < -0.3 is 0 Å². The van der Waals surface area contributed by atoms with Crippen LogP contribution in [-0.4, -0.2) is 9.55 Å². The minimum absolute atomic E-state index is 0.0740. The Hall–Kier alpha value is -2.72. The third-order valence-corrected chi connectivity index (χ3v) is 6.00. The van der Waals surface area contributed by atoms with Crippen molar-refractivity contribution in [3.8, 4) is 22.3 Å². The molecule has 0 unspecified atom stereocenters. The number of aromatic nitrogens is 2. The Balaban J connectivity index is 1.66. The van der Waals surface area contributed by atoms with Crippen molar-refractivity contribution < 1.29 is 0 Å². The summed E-state index contributed by atoms with van der Waals surface area (Å²) < 4.78 is 1.77. The second kappa shape index (κ2) is 8.53. The van der Waals surface area contributed by atoms with Crippen LogP contribution in [0.2, 0.25) is 0 Å². The van der Waals surface area contributed by atoms with E-state index in [2.05, 4.69) is 53.7 Å². The van der Waals surface area contributed by atoms with Crippen molar-refractivity contribution in [2.45, 2.75) is 39.2 Å². The van der Waals surface area contributed by atoms with Gasteiger partial charge in [0.2, 0.25) is 0 Å². The average Bonchev–Trinajstić information content (AvgIpc) is 3.18. The number of hydrogen-bond acceptors (Lipinski definition) is 3. The average molecular weight is 389 g/mol. The Morgan fingerprint density at radius 2 is 1.61 bits per heavy atom. The van der Waals surface area contributed by atoms with Crippen LogP contribution in [0.3, 0.4) is 0 Å². The number of fused-ring (bicyclic) bond motifs is 1. The molecule has 2 heterocycles. The number of aryl methyl sites for hydroxylation is 1. The van der Waals surface area contributed by atoms with Gasteiger partial charge in [-0.15, -0.1) is 11.3 Å². The van der Waals surface area contributed by atoms with Gasteiger partial charge in [0, 0.05) is 17.5 Å². The normalized spacial score (nSPS) is 11.2. The molecule has 142 valence electrons. The highest BCUT2D eigenvalue weighted by Gasteiger charge is 2.13. The fourth-order valence-electron chi connectivity index (χ4n) is 3.52. The summed E-state index contributed by atoms with van der Waals surface area (Å²) >= 11 is 1.54. The maximum Gasteiger partial charge on any atom is 0.262 e. The molecule has 0 saturated carbocycles. The molecule has 0 fully saturated rings. The van der Waals surface area contributed by atoms with E-state index >= 15 is 0 Å². The van der Waals surface area contributed by atoms with Crippen LogP contribution >= 0.6 is 11.3 Å². The van der Waals surface area contributed by atoms with Gasteiger partial charge in [0.25, 0.3) is 5.56 Å². The summed E-state index contributed by atoms with van der Waals surface area (Å²) in [6, 6.07) is 18.8. The van der Waals surface area contributed by atoms with Crippen molar-refractivity contribution in [3.63, 3.8) is 0 Å². The Kier molecular flexibility index (Phi) is 5.68. The molecule has 0 spiro atoms. The highest BCUT2D eigenvalue weighted by Crippen LogP contribution is 2.32. The Morgan fingerprint density at radius 3 is 2.36 bits per heavy atom. The SMILES string of the molecule is CCCCCCn1cnc2scc(-c3ccc(-c4ccccc4)cc3)c2c1=O. The number of unbranched alkanes of at least 4 members (excludes halogenated alkanes) is 3. The minimum Gasteiger partial charge on any atom is -0.299 e. The van der Waals surface area contributed by atoms with Crippen LogP contribution < -0.4 is 5.56 Å². The molecule has 2 aromatic carbocycles. The molecular weight excluding hydrogens is 364 g/mol. The highest BCUT2D eigenvalue weighted by atomic mass is 32.1. The summed E-state index contributed by atoms with van der Waals surface area (Å²) in [6.07, 6.45) is 6.28. The third kappa shape index (κ3) is 3.78. The number of nitrogens with zero attached hydrogens (tertiary/aromatic N) is 2. The summed E-state index contributed by atoms with van der Waals surface area (Å²) in [5, 5.41) is 2.80. The molecule has 28 heavy (non-hydrogen) atoms. The van der Waals surface area contributed by atoms with Crippen molar-refractivity contribution in [3.05, 3.63) is 76.7 Å². The zero-order valence-corrected chi connectivity index (χ0v) is 16.9. The lowest BCUT2D eigenvalue weighted by molar-refractivity contribution is 0.568. The van der Waals surface area contributed by atoms with Crippen LogP contribution in [0.5, 0.6) is 0 Å². The molecule has 0 N–H and O–H groups in total. The molecule has 3 nitrogen and oxygen atoms in total. The van der Waals surface area contributed by atoms with Crippen molar-refractivity contribution in [1.82, 2.24) is 9.55 Å². The van der Waals surface area contributed by atoms with Crippen LogP contribution in [0, 0.1) is 0 Å². The molecule has 0 aliphatic rings. The van der Waals surface area contributed by atoms with E-state index in [1.54, 1.807) is 10.9 Å². The lowest BCUT2D eigenvalue weighted by Gasteiger charge is -2.07. The Morgan fingerprint density at radius 1 is 0.893 bits per heavy atom. The zero-order valence-electron chi connectivity index (χ0n) is 16.1. The van der Waals surface area contributed by atoms with E-state index in [0.717, 1.165) is 40.7 Å². The van der Waals surface area contributed by atoms with E-state index in [1.807, 2.05) is 18.2 Å². The molecular formula is C24H24N2OS. The fourth-order valence-corrected chi connectivity index (χ4v) is 4.43. The standard InChI is InChI=1S/C24H24N2OS/c1-2-3-4-8-15-26-17-25-23-22(24(26)27)21(16-28-23)20-13-11-19(12-14-20)18-9-6-5-7-10-18/h5-7,9-14,16-17H,2-4,8,15H2,1H3. The maximum absolute atomic E-state index is 13.1. The van der Waals surface area contributed by atoms with Crippen LogP contribution in [0.15, 0.2) is 71.1 Å². The summed E-state index contributed by atoms with van der Waals surface area (Å²) in [5.41, 5.74) is 4.49. The van der Waals surface area contributed by atoms with Gasteiger partial charge in [-0.2, -0.15) is 0 Å². The van der Waals surface area contributed by atoms with E-state index < -0.39 is 0 Å². The molecule has 2 aromatic heterocycles. The van der Waals surface area contributed by atoms with E-state index in [4.69, 9.17) is 0 Å². The van der Waals surface area contributed by atoms with Crippen molar-refractivity contribution in [2.24, 2.45) is 0 Å². The number of thiophene rings is 1. The first-order valence-electron chi connectivity index (χ1n) is 9.90. The lowest BCUT2D eigenvalue weighted by Crippen LogP contribution is -2.20. The maximum atomic E-state index is 13.1. The first kappa shape index (κ1) is 18.6. The predicted molar refractivity (Wildman–Crippen MR) is 119 cm³/mol. The number of rotatable bonds is 7. The van der Waals surface area contributed by atoms with Gasteiger partial charge in [-0.1, -0.05) is 80.8 Å². The van der Waals surface area contributed by atoms with Gasteiger partial charge in [0.15, 0.2) is 0 Å². The van der Waals surface area contributed by atoms with Crippen molar-refractivity contribution in [1.29, 1.82) is 0 Å². The van der Waals surface area contributed by atoms with Crippen LogP contribution in [-0.2, 0) is 6.54 Å². The van der Waals surface area contributed by atoms with E-state index in [9.17, 15) is 4.79 Å². The monoisotopic (exact) mass is 388 g/mol. The summed E-state index contributed by atoms with van der Waals surface area (Å²) in [4.78, 5) is 18.4. The molecule has 4 aromatic rings. The quantitative estimate of drug-likeness (QED) is 0.345. The van der Waals surface area contributed by atoms with Gasteiger partial charge in [-0.3, -0.25) is 9.36 Å². The predicted octanol–water partition coefficient (Wildman–Crippen LogP) is 6.37. The van der Waals surface area contributed by atoms with E-state index in [0.29, 0.717) is 0 Å². The largest absolute Gasteiger partial charge is 0.299 e. The van der Waals surface area contributed by atoms with E-state index in [-0.39, 0.29) is 5.56 Å². The number of hydrogen-bond donors (Lipinski definition) is 0. The summed E-state index contributed by atoms with van der Waals surface area (Å²) in [7, 11) is 0. The molecule has 0 atom stereocenters. The second-order valence-electron chi connectivity index (χ2n) is 7.08. The van der Waals surface area contributed by atoms with Crippen molar-refractivity contribution >= 4 is 21.6 Å². The van der Waals surface area contributed by atoms with Crippen LogP contribution in [0.1, 0.15) is 32.6 Å². The first-order chi connectivity index (χ1) is 13.8. The zero-order chi connectivity index (χ0) is 19.3. The first-order valence-corrected chi connectivity index (χ1v) is 10.8. The van der Waals surface area contributed by atoms with Crippen LogP contribution in [0.4, 0.5) is 0 Å². The van der Waals surface area contributed by atoms with Gasteiger partial charge in [0.1, 0.15) is 4.83 Å².